The van der Waals surface area contributed by atoms with Gasteiger partial charge >= 0.3 is 0 Å². The van der Waals surface area contributed by atoms with Crippen molar-refractivity contribution in [3.05, 3.63) is 18.1 Å². The molecule has 1 aromatic rings. The second kappa shape index (κ2) is 3.81. The molecular weight excluding hydrogens is 196 g/mol. The standard InChI is InChI=1S/C11H14O2S/c1-7-8(3-4-9(7)12)11-10(14-2)5-6-13-11/h5-8H,3-4H2,1-2H3/t7-,8+/m1/s1. The highest BCUT2D eigenvalue weighted by molar-refractivity contribution is 7.98. The van der Waals surface area contributed by atoms with E-state index in [9.17, 15) is 4.79 Å². The summed E-state index contributed by atoms with van der Waals surface area (Å²) in [6, 6.07) is 1.98. The van der Waals surface area contributed by atoms with E-state index >= 15 is 0 Å². The van der Waals surface area contributed by atoms with Crippen LogP contribution < -0.4 is 0 Å². The van der Waals surface area contributed by atoms with Crippen molar-refractivity contribution < 1.29 is 9.21 Å². The number of carbonyl (C=O) groups is 1. The Hall–Kier alpha value is -0.700. The highest BCUT2D eigenvalue weighted by atomic mass is 32.2. The predicted molar refractivity (Wildman–Crippen MR) is 56.6 cm³/mol. The SMILES string of the molecule is CSc1ccoc1[C@H]1CCC(=O)[C@@H]1C. The molecule has 0 N–H and O–H groups in total. The van der Waals surface area contributed by atoms with Crippen LogP contribution in [0.25, 0.3) is 0 Å². The first-order chi connectivity index (χ1) is 6.74. The van der Waals surface area contributed by atoms with E-state index in [2.05, 4.69) is 0 Å². The Morgan fingerprint density at radius 2 is 2.36 bits per heavy atom. The fourth-order valence-corrected chi connectivity index (χ4v) is 2.70. The number of ketones is 1. The van der Waals surface area contributed by atoms with Gasteiger partial charge in [-0.2, -0.15) is 0 Å². The number of thioether (sulfide) groups is 1. The maximum Gasteiger partial charge on any atom is 0.136 e. The van der Waals surface area contributed by atoms with E-state index in [4.69, 9.17) is 4.42 Å². The normalized spacial score (nSPS) is 27.1. The minimum absolute atomic E-state index is 0.132. The van der Waals surface area contributed by atoms with Crippen LogP contribution in [-0.2, 0) is 4.79 Å². The van der Waals surface area contributed by atoms with E-state index < -0.39 is 0 Å². The summed E-state index contributed by atoms with van der Waals surface area (Å²) in [5, 5.41) is 0. The van der Waals surface area contributed by atoms with E-state index in [1.54, 1.807) is 18.0 Å². The van der Waals surface area contributed by atoms with Crippen LogP contribution >= 0.6 is 11.8 Å². The molecule has 0 unspecified atom stereocenters. The van der Waals surface area contributed by atoms with Crippen molar-refractivity contribution in [2.24, 2.45) is 5.92 Å². The molecule has 2 rings (SSSR count). The molecule has 1 heterocycles. The lowest BCUT2D eigenvalue weighted by molar-refractivity contribution is -0.120. The van der Waals surface area contributed by atoms with Crippen LogP contribution in [0, 0.1) is 5.92 Å². The number of rotatable bonds is 2. The Balaban J connectivity index is 2.27. The first-order valence-electron chi connectivity index (χ1n) is 4.88. The van der Waals surface area contributed by atoms with E-state index in [0.29, 0.717) is 18.1 Å². The molecule has 1 aromatic heterocycles. The summed E-state index contributed by atoms with van der Waals surface area (Å²) < 4.78 is 5.49. The molecule has 0 aromatic carbocycles. The van der Waals surface area contributed by atoms with Crippen molar-refractivity contribution in [1.82, 2.24) is 0 Å². The van der Waals surface area contributed by atoms with Gasteiger partial charge in [-0.05, 0) is 18.7 Å². The third-order valence-electron chi connectivity index (χ3n) is 3.03. The van der Waals surface area contributed by atoms with Gasteiger partial charge in [-0.25, -0.2) is 0 Å². The van der Waals surface area contributed by atoms with Crippen LogP contribution in [0.4, 0.5) is 0 Å². The maximum atomic E-state index is 11.4. The molecule has 0 radical (unpaired) electrons. The Kier molecular flexibility index (Phi) is 2.68. The van der Waals surface area contributed by atoms with Gasteiger partial charge in [-0.1, -0.05) is 6.92 Å². The monoisotopic (exact) mass is 210 g/mol. The lowest BCUT2D eigenvalue weighted by atomic mass is 9.95. The topological polar surface area (TPSA) is 30.2 Å². The summed E-state index contributed by atoms with van der Waals surface area (Å²) in [5.41, 5.74) is 0. The van der Waals surface area contributed by atoms with Gasteiger partial charge in [0.15, 0.2) is 0 Å². The van der Waals surface area contributed by atoms with E-state index in [0.717, 1.165) is 12.2 Å². The van der Waals surface area contributed by atoms with E-state index in [-0.39, 0.29) is 5.92 Å². The molecule has 1 aliphatic rings. The van der Waals surface area contributed by atoms with Crippen molar-refractivity contribution in [2.75, 3.05) is 6.26 Å². The van der Waals surface area contributed by atoms with Gasteiger partial charge in [-0.15, -0.1) is 11.8 Å². The van der Waals surface area contributed by atoms with Crippen molar-refractivity contribution >= 4 is 17.5 Å². The molecule has 0 bridgehead atoms. The molecule has 0 spiro atoms. The lowest BCUT2D eigenvalue weighted by Gasteiger charge is -2.12. The maximum absolute atomic E-state index is 11.4. The van der Waals surface area contributed by atoms with Crippen LogP contribution in [0.1, 0.15) is 31.4 Å². The Morgan fingerprint density at radius 3 is 2.93 bits per heavy atom. The lowest BCUT2D eigenvalue weighted by Crippen LogP contribution is -2.08. The average Bonchev–Trinajstić information content (AvgIpc) is 2.75. The molecule has 0 saturated heterocycles. The predicted octanol–water partition coefficient (Wildman–Crippen LogP) is 3.08. The van der Waals surface area contributed by atoms with Crippen LogP contribution in [0.5, 0.6) is 0 Å². The third-order valence-corrected chi connectivity index (χ3v) is 3.80. The molecule has 1 fully saturated rings. The molecule has 0 amide bonds. The zero-order valence-corrected chi connectivity index (χ0v) is 9.26. The summed E-state index contributed by atoms with van der Waals surface area (Å²) in [6.07, 6.45) is 5.41. The number of Topliss-reactive ketones (excluding diaryl/α,β-unsaturated/α-hetero) is 1. The second-order valence-corrected chi connectivity index (χ2v) is 4.60. The van der Waals surface area contributed by atoms with Crippen LogP contribution in [0.2, 0.25) is 0 Å². The van der Waals surface area contributed by atoms with Gasteiger partial charge in [0.25, 0.3) is 0 Å². The fourth-order valence-electron chi connectivity index (χ4n) is 2.11. The highest BCUT2D eigenvalue weighted by Crippen LogP contribution is 2.41. The second-order valence-electron chi connectivity index (χ2n) is 3.75. The zero-order chi connectivity index (χ0) is 10.1. The van der Waals surface area contributed by atoms with E-state index in [1.807, 2.05) is 19.2 Å². The quantitative estimate of drug-likeness (QED) is 0.703. The minimum Gasteiger partial charge on any atom is -0.468 e. The number of hydrogen-bond donors (Lipinski definition) is 0. The largest absolute Gasteiger partial charge is 0.468 e. The molecule has 3 heteroatoms. The van der Waals surface area contributed by atoms with Crippen molar-refractivity contribution in [1.29, 1.82) is 0 Å². The number of carbonyl (C=O) groups excluding carboxylic acids is 1. The van der Waals surface area contributed by atoms with E-state index in [1.165, 1.54) is 4.90 Å². The van der Waals surface area contributed by atoms with Gasteiger partial charge < -0.3 is 4.42 Å². The molecule has 1 saturated carbocycles. The summed E-state index contributed by atoms with van der Waals surface area (Å²) in [7, 11) is 0. The van der Waals surface area contributed by atoms with Gasteiger partial charge in [0.2, 0.25) is 0 Å². The molecular formula is C11H14O2S. The molecule has 2 atom stereocenters. The van der Waals surface area contributed by atoms with Crippen molar-refractivity contribution in [3.8, 4) is 0 Å². The van der Waals surface area contributed by atoms with Gasteiger partial charge in [0, 0.05) is 23.2 Å². The highest BCUT2D eigenvalue weighted by Gasteiger charge is 2.35. The third kappa shape index (κ3) is 1.50. The van der Waals surface area contributed by atoms with Crippen molar-refractivity contribution in [3.63, 3.8) is 0 Å². The number of hydrogen-bond acceptors (Lipinski definition) is 3. The van der Waals surface area contributed by atoms with Gasteiger partial charge in [-0.3, -0.25) is 4.79 Å². The van der Waals surface area contributed by atoms with Gasteiger partial charge in [0.1, 0.15) is 11.5 Å². The van der Waals surface area contributed by atoms with Crippen LogP contribution in [0.3, 0.4) is 0 Å². The molecule has 1 aliphatic carbocycles. The summed E-state index contributed by atoms with van der Waals surface area (Å²) >= 11 is 1.69. The van der Waals surface area contributed by atoms with Crippen molar-refractivity contribution in [2.45, 2.75) is 30.6 Å². The zero-order valence-electron chi connectivity index (χ0n) is 8.45. The molecule has 14 heavy (non-hydrogen) atoms. The Labute approximate surface area is 88.1 Å². The summed E-state index contributed by atoms with van der Waals surface area (Å²) in [5.74, 6) is 1.82. The first kappa shape index (κ1) is 9.84. The summed E-state index contributed by atoms with van der Waals surface area (Å²) in [6.45, 7) is 2.01. The smallest absolute Gasteiger partial charge is 0.136 e. The number of furan rings is 1. The minimum atomic E-state index is 0.132. The summed E-state index contributed by atoms with van der Waals surface area (Å²) in [4.78, 5) is 12.6. The molecule has 76 valence electrons. The average molecular weight is 210 g/mol. The first-order valence-corrected chi connectivity index (χ1v) is 6.10. The van der Waals surface area contributed by atoms with Crippen LogP contribution in [0.15, 0.2) is 21.6 Å². The Morgan fingerprint density at radius 1 is 1.57 bits per heavy atom. The molecule has 0 aliphatic heterocycles. The molecule has 2 nitrogen and oxygen atoms in total. The fraction of sp³-hybridized carbons (Fsp3) is 0.545. The van der Waals surface area contributed by atoms with Crippen LogP contribution in [-0.4, -0.2) is 12.0 Å². The van der Waals surface area contributed by atoms with Gasteiger partial charge in [0.05, 0.1) is 6.26 Å². The Bertz CT molecular complexity index is 343.